The molecule has 0 aromatic heterocycles. The van der Waals surface area contributed by atoms with Crippen molar-refractivity contribution in [2.75, 3.05) is 13.2 Å². The van der Waals surface area contributed by atoms with Crippen molar-refractivity contribution in [3.8, 4) is 11.1 Å². The van der Waals surface area contributed by atoms with Gasteiger partial charge in [-0.25, -0.2) is 0 Å². The first-order valence-corrected chi connectivity index (χ1v) is 11.6. The monoisotopic (exact) mass is 410 g/mol. The number of fused-ring (bicyclic) bond motifs is 2. The third-order valence-corrected chi connectivity index (χ3v) is 5.79. The Bertz CT molecular complexity index is 1120. The van der Waals surface area contributed by atoms with Crippen LogP contribution in [0.5, 0.6) is 0 Å². The minimum atomic E-state index is -0.344. The third-order valence-electron chi connectivity index (χ3n) is 5.79. The Hall–Kier alpha value is -2.62. The van der Waals surface area contributed by atoms with E-state index in [1.54, 1.807) is 0 Å². The molecule has 0 heterocycles. The highest BCUT2D eigenvalue weighted by atomic mass is 16.6. The van der Waals surface area contributed by atoms with E-state index in [-0.39, 0.29) is 7.12 Å². The highest BCUT2D eigenvalue weighted by Crippen LogP contribution is 2.30. The summed E-state index contributed by atoms with van der Waals surface area (Å²) in [6.45, 7) is 5.79. The minimum absolute atomic E-state index is 0.344. The Morgan fingerprint density at radius 3 is 2.00 bits per heavy atom. The first-order valence-electron chi connectivity index (χ1n) is 11.6. The van der Waals surface area contributed by atoms with Gasteiger partial charge in [-0.3, -0.25) is 0 Å². The van der Waals surface area contributed by atoms with Gasteiger partial charge in [-0.2, -0.15) is 0 Å². The number of benzene rings is 4. The van der Waals surface area contributed by atoms with Gasteiger partial charge in [0.25, 0.3) is 0 Å². The van der Waals surface area contributed by atoms with Crippen molar-refractivity contribution in [2.24, 2.45) is 0 Å². The molecule has 0 atom stereocenters. The fourth-order valence-corrected chi connectivity index (χ4v) is 4.06. The van der Waals surface area contributed by atoms with E-state index < -0.39 is 0 Å². The number of hydrogen-bond donors (Lipinski definition) is 0. The molecule has 0 N–H and O–H groups in total. The average Bonchev–Trinajstić information content (AvgIpc) is 2.82. The van der Waals surface area contributed by atoms with Crippen LogP contribution in [0.4, 0.5) is 0 Å². The maximum Gasteiger partial charge on any atom is 0.494 e. The maximum atomic E-state index is 6.26. The van der Waals surface area contributed by atoms with E-state index in [0.29, 0.717) is 13.2 Å². The summed E-state index contributed by atoms with van der Waals surface area (Å²) < 4.78 is 12.5. The van der Waals surface area contributed by atoms with Gasteiger partial charge in [-0.1, -0.05) is 99.5 Å². The summed E-state index contributed by atoms with van der Waals surface area (Å²) in [6.07, 6.45) is 4.30. The van der Waals surface area contributed by atoms with Gasteiger partial charge in [0.1, 0.15) is 0 Å². The average molecular weight is 410 g/mol. The van der Waals surface area contributed by atoms with Crippen LogP contribution in [-0.2, 0) is 9.31 Å². The van der Waals surface area contributed by atoms with E-state index >= 15 is 0 Å². The van der Waals surface area contributed by atoms with Crippen LogP contribution in [0.25, 0.3) is 32.7 Å². The second kappa shape index (κ2) is 10.6. The fourth-order valence-electron chi connectivity index (χ4n) is 4.06. The molecule has 4 aromatic carbocycles. The molecule has 0 spiro atoms. The Labute approximate surface area is 186 Å². The topological polar surface area (TPSA) is 18.5 Å². The van der Waals surface area contributed by atoms with E-state index in [9.17, 15) is 0 Å². The smallest absolute Gasteiger partial charge is 0.407 e. The summed E-state index contributed by atoms with van der Waals surface area (Å²) in [7, 11) is -0.344. The third kappa shape index (κ3) is 5.00. The number of rotatable bonds is 10. The summed E-state index contributed by atoms with van der Waals surface area (Å²) >= 11 is 0. The van der Waals surface area contributed by atoms with Gasteiger partial charge in [-0.15, -0.1) is 0 Å². The molecule has 158 valence electrons. The van der Waals surface area contributed by atoms with Gasteiger partial charge < -0.3 is 9.31 Å². The number of hydrogen-bond acceptors (Lipinski definition) is 2. The largest absolute Gasteiger partial charge is 0.494 e. The Morgan fingerprint density at radius 1 is 0.645 bits per heavy atom. The van der Waals surface area contributed by atoms with Crippen molar-refractivity contribution in [1.29, 1.82) is 0 Å². The van der Waals surface area contributed by atoms with E-state index in [1.807, 2.05) is 0 Å². The van der Waals surface area contributed by atoms with Crippen LogP contribution in [-0.4, -0.2) is 20.3 Å². The lowest BCUT2D eigenvalue weighted by Crippen LogP contribution is -2.38. The van der Waals surface area contributed by atoms with Gasteiger partial charge in [0.05, 0.1) is 0 Å². The van der Waals surface area contributed by atoms with Gasteiger partial charge in [0.15, 0.2) is 0 Å². The van der Waals surface area contributed by atoms with Crippen molar-refractivity contribution in [1.82, 2.24) is 0 Å². The van der Waals surface area contributed by atoms with Crippen molar-refractivity contribution in [3.63, 3.8) is 0 Å². The van der Waals surface area contributed by atoms with Crippen molar-refractivity contribution in [3.05, 3.63) is 78.9 Å². The predicted molar refractivity (Wildman–Crippen MR) is 134 cm³/mol. The van der Waals surface area contributed by atoms with E-state index in [1.165, 1.54) is 32.7 Å². The van der Waals surface area contributed by atoms with Gasteiger partial charge in [0, 0.05) is 13.2 Å². The molecule has 4 aromatic rings. The highest BCUT2D eigenvalue weighted by Gasteiger charge is 2.25. The number of unbranched alkanes of at least 4 members (excludes halogenated alkanes) is 2. The molecule has 0 saturated heterocycles. The second-order valence-electron chi connectivity index (χ2n) is 8.09. The van der Waals surface area contributed by atoms with Gasteiger partial charge >= 0.3 is 7.12 Å². The highest BCUT2D eigenvalue weighted by molar-refractivity contribution is 6.65. The summed E-state index contributed by atoms with van der Waals surface area (Å²) in [4.78, 5) is 0. The molecular formula is C28H31BO2. The van der Waals surface area contributed by atoms with Crippen LogP contribution in [0, 0.1) is 0 Å². The summed E-state index contributed by atoms with van der Waals surface area (Å²) in [5.74, 6) is 0. The Balaban J connectivity index is 1.81. The van der Waals surface area contributed by atoms with Crippen LogP contribution >= 0.6 is 0 Å². The summed E-state index contributed by atoms with van der Waals surface area (Å²) in [6, 6.07) is 28.2. The minimum Gasteiger partial charge on any atom is -0.407 e. The van der Waals surface area contributed by atoms with Crippen LogP contribution in [0.1, 0.15) is 39.5 Å². The lowest BCUT2D eigenvalue weighted by Gasteiger charge is -2.19. The van der Waals surface area contributed by atoms with E-state index in [2.05, 4.69) is 92.7 Å². The molecule has 4 rings (SSSR count). The predicted octanol–water partition coefficient (Wildman–Crippen LogP) is 6.99. The molecule has 0 amide bonds. The maximum absolute atomic E-state index is 6.26. The van der Waals surface area contributed by atoms with Crippen molar-refractivity contribution in [2.45, 2.75) is 39.5 Å². The van der Waals surface area contributed by atoms with Crippen molar-refractivity contribution < 1.29 is 9.31 Å². The molecule has 0 radical (unpaired) electrons. The molecule has 0 bridgehead atoms. The van der Waals surface area contributed by atoms with Crippen molar-refractivity contribution >= 4 is 34.1 Å². The van der Waals surface area contributed by atoms with Crippen LogP contribution < -0.4 is 5.46 Å². The van der Waals surface area contributed by atoms with E-state index in [4.69, 9.17) is 9.31 Å². The lowest BCUT2D eigenvalue weighted by molar-refractivity contribution is 0.202. The normalized spacial score (nSPS) is 11.3. The molecule has 0 unspecified atom stereocenters. The zero-order valence-corrected chi connectivity index (χ0v) is 18.6. The molecule has 0 aliphatic carbocycles. The van der Waals surface area contributed by atoms with Crippen LogP contribution in [0.15, 0.2) is 78.9 Å². The lowest BCUT2D eigenvalue weighted by atomic mass is 9.74. The zero-order chi connectivity index (χ0) is 21.5. The summed E-state index contributed by atoms with van der Waals surface area (Å²) in [5, 5.41) is 4.95. The molecule has 0 fully saturated rings. The molecule has 31 heavy (non-hydrogen) atoms. The SMILES string of the molecule is CCCCOB(OCCCC)c1cccc2cccc(-c3ccc4ccccc4c3)c12. The molecule has 0 aliphatic rings. The van der Waals surface area contributed by atoms with Crippen LogP contribution in [0.3, 0.4) is 0 Å². The zero-order valence-electron chi connectivity index (χ0n) is 18.6. The quantitative estimate of drug-likeness (QED) is 0.207. The Kier molecular flexibility index (Phi) is 7.40. The van der Waals surface area contributed by atoms with E-state index in [0.717, 1.165) is 31.1 Å². The molecule has 0 saturated carbocycles. The fraction of sp³-hybridized carbons (Fsp3) is 0.286. The first-order chi connectivity index (χ1) is 15.3. The van der Waals surface area contributed by atoms with Crippen LogP contribution in [0.2, 0.25) is 0 Å². The molecule has 3 heteroatoms. The van der Waals surface area contributed by atoms with Gasteiger partial charge in [-0.05, 0) is 57.0 Å². The summed E-state index contributed by atoms with van der Waals surface area (Å²) in [5.41, 5.74) is 3.56. The second-order valence-corrected chi connectivity index (χ2v) is 8.09. The Morgan fingerprint density at radius 2 is 1.29 bits per heavy atom. The molecule has 2 nitrogen and oxygen atoms in total. The molecular weight excluding hydrogens is 379 g/mol. The standard InChI is InChI=1S/C28H31BO2/c1-3-5-19-30-29(31-20-6-4-2)27-16-10-14-23-13-9-15-26(28(23)27)25-18-17-22-11-7-8-12-24(22)21-25/h7-18,21H,3-6,19-20H2,1-2H3. The first kappa shape index (κ1) is 21.6. The van der Waals surface area contributed by atoms with Gasteiger partial charge in [0.2, 0.25) is 0 Å². The molecule has 0 aliphatic heterocycles.